The Kier molecular flexibility index (Phi) is 4.12. The molecule has 4 nitrogen and oxygen atoms in total. The van der Waals surface area contributed by atoms with Crippen molar-refractivity contribution in [1.29, 1.82) is 0 Å². The van der Waals surface area contributed by atoms with E-state index in [-0.39, 0.29) is 15.7 Å². The molecule has 0 fully saturated rings. The van der Waals surface area contributed by atoms with Crippen LogP contribution in [0.1, 0.15) is 17.3 Å². The van der Waals surface area contributed by atoms with Gasteiger partial charge in [0.15, 0.2) is 0 Å². The third-order valence-electron chi connectivity index (χ3n) is 1.91. The summed E-state index contributed by atoms with van der Waals surface area (Å²) in [5, 5.41) is 5.03. The average molecular weight is 327 g/mol. The molecule has 0 aliphatic carbocycles. The average Bonchev–Trinajstić information content (AvgIpc) is 2.15. The maximum atomic E-state index is 11.2. The fourth-order valence-electron chi connectivity index (χ4n) is 1.13. The molecule has 1 rings (SSSR count). The zero-order valence-electron chi connectivity index (χ0n) is 8.28. The number of nitrogens with two attached hydrogens (primary N) is 1. The number of carbonyl (C=O) groups excluding carboxylic acids is 1. The molecule has 1 unspecified atom stereocenters. The second-order valence-corrected chi connectivity index (χ2v) is 6.06. The molecule has 88 valence electrons. The van der Waals surface area contributed by atoms with E-state index < -0.39 is 14.9 Å². The summed E-state index contributed by atoms with van der Waals surface area (Å²) in [7, 11) is -3.88. The van der Waals surface area contributed by atoms with E-state index in [2.05, 4.69) is 15.9 Å². The van der Waals surface area contributed by atoms with Crippen molar-refractivity contribution < 1.29 is 13.2 Å². The van der Waals surface area contributed by atoms with Crippen LogP contribution in [0.5, 0.6) is 0 Å². The first-order valence-corrected chi connectivity index (χ1v) is 7.04. The number of sulfonamides is 1. The van der Waals surface area contributed by atoms with E-state index in [1.807, 2.05) is 0 Å². The van der Waals surface area contributed by atoms with Crippen molar-refractivity contribution in [2.24, 2.45) is 5.14 Å². The minimum Gasteiger partial charge on any atom is -0.298 e. The molecular formula is C9H9BrClNO3S. The molecule has 2 N–H and O–H groups in total. The van der Waals surface area contributed by atoms with Gasteiger partial charge in [0.05, 0.1) is 9.85 Å². The SMILES string of the molecule is CC(=O)C(Br)c1ccc(Cl)c(S(N)(=O)=O)c1. The van der Waals surface area contributed by atoms with Crippen LogP contribution < -0.4 is 5.14 Å². The molecular weight excluding hydrogens is 318 g/mol. The molecule has 1 aromatic rings. The zero-order valence-corrected chi connectivity index (χ0v) is 11.4. The number of benzene rings is 1. The van der Waals surface area contributed by atoms with E-state index in [9.17, 15) is 13.2 Å². The van der Waals surface area contributed by atoms with Gasteiger partial charge >= 0.3 is 0 Å². The van der Waals surface area contributed by atoms with Gasteiger partial charge in [-0.3, -0.25) is 4.79 Å². The van der Waals surface area contributed by atoms with Crippen molar-refractivity contribution in [1.82, 2.24) is 0 Å². The number of carbonyl (C=O) groups is 1. The molecule has 16 heavy (non-hydrogen) atoms. The van der Waals surface area contributed by atoms with Gasteiger partial charge in [-0.2, -0.15) is 0 Å². The Morgan fingerprint density at radius 1 is 1.50 bits per heavy atom. The van der Waals surface area contributed by atoms with Gasteiger partial charge in [-0.25, -0.2) is 13.6 Å². The highest BCUT2D eigenvalue weighted by atomic mass is 79.9. The molecule has 7 heteroatoms. The monoisotopic (exact) mass is 325 g/mol. The molecule has 0 aliphatic rings. The molecule has 0 radical (unpaired) electrons. The van der Waals surface area contributed by atoms with Gasteiger partial charge in [0.1, 0.15) is 10.7 Å². The number of alkyl halides is 1. The third-order valence-corrected chi connectivity index (χ3v) is 4.48. The van der Waals surface area contributed by atoms with E-state index in [1.54, 1.807) is 6.07 Å². The van der Waals surface area contributed by atoms with Gasteiger partial charge in [0.2, 0.25) is 10.0 Å². The van der Waals surface area contributed by atoms with Crippen molar-refractivity contribution >= 4 is 43.3 Å². The highest BCUT2D eigenvalue weighted by Crippen LogP contribution is 2.29. The third kappa shape index (κ3) is 3.04. The van der Waals surface area contributed by atoms with E-state index in [1.165, 1.54) is 19.1 Å². The van der Waals surface area contributed by atoms with Crippen molar-refractivity contribution in [3.05, 3.63) is 28.8 Å². The summed E-state index contributed by atoms with van der Waals surface area (Å²) < 4.78 is 22.4. The van der Waals surface area contributed by atoms with Crippen molar-refractivity contribution in [3.8, 4) is 0 Å². The number of halogens is 2. The van der Waals surface area contributed by atoms with Crippen LogP contribution in [0.15, 0.2) is 23.1 Å². The lowest BCUT2D eigenvalue weighted by Crippen LogP contribution is -2.13. The van der Waals surface area contributed by atoms with Crippen LogP contribution in [0.25, 0.3) is 0 Å². The quantitative estimate of drug-likeness (QED) is 0.863. The van der Waals surface area contributed by atoms with Gasteiger partial charge in [-0.05, 0) is 24.6 Å². The van der Waals surface area contributed by atoms with Gasteiger partial charge in [-0.15, -0.1) is 0 Å². The molecule has 0 saturated carbocycles. The summed E-state index contributed by atoms with van der Waals surface area (Å²) >= 11 is 8.85. The van der Waals surface area contributed by atoms with Crippen LogP contribution in [-0.2, 0) is 14.8 Å². The van der Waals surface area contributed by atoms with E-state index in [0.29, 0.717) is 5.56 Å². The zero-order chi connectivity index (χ0) is 12.5. The predicted octanol–water partition coefficient (Wildman–Crippen LogP) is 2.01. The van der Waals surface area contributed by atoms with Gasteiger partial charge in [0.25, 0.3) is 0 Å². The Balaban J connectivity index is 3.34. The molecule has 0 aromatic heterocycles. The van der Waals surface area contributed by atoms with Crippen LogP contribution in [0, 0.1) is 0 Å². The standard InChI is InChI=1S/C9H9BrClNO3S/c1-5(13)9(10)6-2-3-7(11)8(4-6)16(12,14)15/h2-4,9H,1H3,(H2,12,14,15). The molecule has 0 heterocycles. The first kappa shape index (κ1) is 13.6. The Morgan fingerprint density at radius 3 is 2.50 bits per heavy atom. The van der Waals surface area contributed by atoms with Crippen molar-refractivity contribution in [2.45, 2.75) is 16.6 Å². The fourth-order valence-corrected chi connectivity index (χ4v) is 2.50. The predicted molar refractivity (Wildman–Crippen MR) is 65.2 cm³/mol. The molecule has 0 aliphatic heterocycles. The van der Waals surface area contributed by atoms with Crippen molar-refractivity contribution in [3.63, 3.8) is 0 Å². The maximum Gasteiger partial charge on any atom is 0.239 e. The van der Waals surface area contributed by atoms with Gasteiger partial charge < -0.3 is 0 Å². The number of hydrogen-bond acceptors (Lipinski definition) is 3. The summed E-state index contributed by atoms with van der Waals surface area (Å²) in [4.78, 5) is 10.4. The molecule has 0 bridgehead atoms. The smallest absolute Gasteiger partial charge is 0.239 e. The van der Waals surface area contributed by atoms with Crippen LogP contribution in [0.4, 0.5) is 0 Å². The molecule has 0 saturated heterocycles. The summed E-state index contributed by atoms with van der Waals surface area (Å²) in [6, 6.07) is 4.25. The van der Waals surface area contributed by atoms with Gasteiger partial charge in [0, 0.05) is 0 Å². The van der Waals surface area contributed by atoms with Crippen LogP contribution in [0.3, 0.4) is 0 Å². The van der Waals surface area contributed by atoms with Crippen LogP contribution in [0.2, 0.25) is 5.02 Å². The summed E-state index contributed by atoms with van der Waals surface area (Å²) in [5.41, 5.74) is 0.501. The number of hydrogen-bond donors (Lipinski definition) is 1. The van der Waals surface area contributed by atoms with E-state index >= 15 is 0 Å². The Hall–Kier alpha value is -0.430. The largest absolute Gasteiger partial charge is 0.298 e. The number of rotatable bonds is 3. The molecule has 0 amide bonds. The van der Waals surface area contributed by atoms with Crippen LogP contribution >= 0.6 is 27.5 Å². The lowest BCUT2D eigenvalue weighted by atomic mass is 10.1. The second kappa shape index (κ2) is 4.83. The Morgan fingerprint density at radius 2 is 2.06 bits per heavy atom. The number of ketones is 1. The fraction of sp³-hybridized carbons (Fsp3) is 0.222. The van der Waals surface area contributed by atoms with Gasteiger partial charge in [-0.1, -0.05) is 33.6 Å². The first-order chi connectivity index (χ1) is 7.23. The minimum atomic E-state index is -3.88. The summed E-state index contributed by atoms with van der Waals surface area (Å²) in [6.07, 6.45) is 0. The lowest BCUT2D eigenvalue weighted by Gasteiger charge is -2.09. The highest BCUT2D eigenvalue weighted by Gasteiger charge is 2.18. The Bertz CT molecular complexity index is 530. The molecule has 1 atom stereocenters. The molecule has 0 spiro atoms. The number of primary sulfonamides is 1. The lowest BCUT2D eigenvalue weighted by molar-refractivity contribution is -0.116. The van der Waals surface area contributed by atoms with Crippen molar-refractivity contribution in [2.75, 3.05) is 0 Å². The topological polar surface area (TPSA) is 77.2 Å². The number of Topliss-reactive ketones (excluding diaryl/α,β-unsaturated/α-hetero) is 1. The van der Waals surface area contributed by atoms with Crippen LogP contribution in [-0.4, -0.2) is 14.2 Å². The summed E-state index contributed by atoms with van der Waals surface area (Å²) in [5.74, 6) is -0.136. The summed E-state index contributed by atoms with van der Waals surface area (Å²) in [6.45, 7) is 1.39. The van der Waals surface area contributed by atoms with E-state index in [4.69, 9.17) is 16.7 Å². The second-order valence-electron chi connectivity index (χ2n) is 3.21. The highest BCUT2D eigenvalue weighted by molar-refractivity contribution is 9.09. The van der Waals surface area contributed by atoms with E-state index in [0.717, 1.165) is 0 Å². The first-order valence-electron chi connectivity index (χ1n) is 4.20. The Labute approximate surface area is 107 Å². The molecule has 1 aromatic carbocycles. The minimum absolute atomic E-state index is 0.0366. The normalized spacial score (nSPS) is 13.5. The maximum absolute atomic E-state index is 11.2.